The van der Waals surface area contributed by atoms with Crippen LogP contribution in [0.25, 0.3) is 0 Å². The highest BCUT2D eigenvalue weighted by molar-refractivity contribution is 5.12. The SMILES string of the molecule is C=C/C=C\C(=C)OCCOCC.CC.CC.CCOC. The van der Waals surface area contributed by atoms with E-state index in [4.69, 9.17) is 9.47 Å². The molecule has 0 aromatic heterocycles. The molecule has 0 rings (SSSR count). The molecule has 0 unspecified atom stereocenters. The van der Waals surface area contributed by atoms with E-state index in [0.29, 0.717) is 19.0 Å². The zero-order chi connectivity index (χ0) is 16.6. The molecular weight excluding hydrogens is 252 g/mol. The van der Waals surface area contributed by atoms with Crippen molar-refractivity contribution in [3.05, 3.63) is 37.1 Å². The molecule has 0 aliphatic rings. The third kappa shape index (κ3) is 43.6. The Morgan fingerprint density at radius 3 is 1.85 bits per heavy atom. The van der Waals surface area contributed by atoms with Crippen LogP contribution in [0.2, 0.25) is 0 Å². The van der Waals surface area contributed by atoms with Gasteiger partial charge in [-0.05, 0) is 19.9 Å². The Labute approximate surface area is 127 Å². The van der Waals surface area contributed by atoms with E-state index >= 15 is 0 Å². The number of ether oxygens (including phenoxy) is 3. The summed E-state index contributed by atoms with van der Waals surface area (Å²) < 4.78 is 14.8. The lowest BCUT2D eigenvalue weighted by Gasteiger charge is -2.04. The fourth-order valence-corrected chi connectivity index (χ4v) is 0.600. The highest BCUT2D eigenvalue weighted by atomic mass is 16.5. The quantitative estimate of drug-likeness (QED) is 0.357. The Kier molecular flexibility index (Phi) is 49.3. The highest BCUT2D eigenvalue weighted by Gasteiger charge is 1.88. The third-order valence-electron chi connectivity index (χ3n) is 1.43. The smallest absolute Gasteiger partial charge is 0.112 e. The van der Waals surface area contributed by atoms with Gasteiger partial charge in [0, 0.05) is 20.3 Å². The number of rotatable bonds is 8. The van der Waals surface area contributed by atoms with Gasteiger partial charge >= 0.3 is 0 Å². The first-order valence-electron chi connectivity index (χ1n) is 7.40. The van der Waals surface area contributed by atoms with Crippen molar-refractivity contribution >= 4 is 0 Å². The molecule has 0 fully saturated rings. The van der Waals surface area contributed by atoms with Crippen molar-refractivity contribution in [1.82, 2.24) is 0 Å². The number of methoxy groups -OCH3 is 1. The molecule has 0 aliphatic carbocycles. The maximum Gasteiger partial charge on any atom is 0.112 e. The van der Waals surface area contributed by atoms with Gasteiger partial charge in [-0.3, -0.25) is 0 Å². The molecule has 0 aromatic carbocycles. The van der Waals surface area contributed by atoms with Crippen LogP contribution < -0.4 is 0 Å². The topological polar surface area (TPSA) is 27.7 Å². The Morgan fingerprint density at radius 2 is 1.50 bits per heavy atom. The molecule has 0 saturated heterocycles. The van der Waals surface area contributed by atoms with Crippen LogP contribution in [0.15, 0.2) is 37.1 Å². The molecule has 0 aromatic rings. The summed E-state index contributed by atoms with van der Waals surface area (Å²) in [7, 11) is 1.68. The van der Waals surface area contributed by atoms with E-state index in [2.05, 4.69) is 17.9 Å². The van der Waals surface area contributed by atoms with E-state index in [0.717, 1.165) is 13.2 Å². The fraction of sp³-hybridized carbons (Fsp3) is 0.647. The summed E-state index contributed by atoms with van der Waals surface area (Å²) in [5, 5.41) is 0. The minimum absolute atomic E-state index is 0.550. The van der Waals surface area contributed by atoms with Crippen LogP contribution in [0.3, 0.4) is 0 Å². The molecule has 0 radical (unpaired) electrons. The maximum atomic E-state index is 5.19. The zero-order valence-electron chi connectivity index (χ0n) is 14.7. The monoisotopic (exact) mass is 288 g/mol. The molecule has 20 heavy (non-hydrogen) atoms. The van der Waals surface area contributed by atoms with Crippen molar-refractivity contribution in [3.8, 4) is 0 Å². The first-order valence-corrected chi connectivity index (χ1v) is 7.40. The van der Waals surface area contributed by atoms with Crippen LogP contribution in [0.5, 0.6) is 0 Å². The molecule has 0 saturated carbocycles. The van der Waals surface area contributed by atoms with E-state index in [1.807, 2.05) is 41.5 Å². The Bertz CT molecular complexity index is 185. The van der Waals surface area contributed by atoms with Crippen molar-refractivity contribution in [2.75, 3.05) is 33.5 Å². The number of hydrogen-bond donors (Lipinski definition) is 0. The fourth-order valence-electron chi connectivity index (χ4n) is 0.600. The van der Waals surface area contributed by atoms with Gasteiger partial charge in [-0.15, -0.1) is 0 Å². The first-order chi connectivity index (χ1) is 9.72. The van der Waals surface area contributed by atoms with Crippen LogP contribution in [-0.4, -0.2) is 33.5 Å². The predicted octanol–water partition coefficient (Wildman–Crippen LogP) is 5.00. The van der Waals surface area contributed by atoms with Gasteiger partial charge < -0.3 is 14.2 Å². The van der Waals surface area contributed by atoms with Crippen LogP contribution in [0, 0.1) is 0 Å². The van der Waals surface area contributed by atoms with Crippen molar-refractivity contribution in [2.24, 2.45) is 0 Å². The molecule has 0 N–H and O–H groups in total. The standard InChI is InChI=1S/C10H16O2.C3H8O.2C2H6/c1-4-6-7-10(3)12-9-8-11-5-2;1-3-4-2;2*1-2/h4,6-7H,1,3,5,8-9H2,2H3;3H2,1-2H3;2*1-2H3/b7-6-;;;. The second-order valence-electron chi connectivity index (χ2n) is 2.68. The molecule has 0 bridgehead atoms. The average molecular weight is 288 g/mol. The number of allylic oxidation sites excluding steroid dienone is 3. The lowest BCUT2D eigenvalue weighted by atomic mass is 10.4. The van der Waals surface area contributed by atoms with Crippen LogP contribution >= 0.6 is 0 Å². The molecular formula is C17H36O3. The maximum absolute atomic E-state index is 5.19. The predicted molar refractivity (Wildman–Crippen MR) is 91.2 cm³/mol. The van der Waals surface area contributed by atoms with E-state index in [1.165, 1.54) is 0 Å². The largest absolute Gasteiger partial charge is 0.492 e. The van der Waals surface area contributed by atoms with Crippen LogP contribution in [0.1, 0.15) is 41.5 Å². The second kappa shape index (κ2) is 36.1. The summed E-state index contributed by atoms with van der Waals surface area (Å²) in [6, 6.07) is 0. The van der Waals surface area contributed by atoms with Crippen molar-refractivity contribution < 1.29 is 14.2 Å². The van der Waals surface area contributed by atoms with Crippen LogP contribution in [0.4, 0.5) is 0 Å². The minimum Gasteiger partial charge on any atom is -0.492 e. The van der Waals surface area contributed by atoms with Crippen molar-refractivity contribution in [1.29, 1.82) is 0 Å². The molecule has 0 spiro atoms. The molecule has 3 nitrogen and oxygen atoms in total. The summed E-state index contributed by atoms with van der Waals surface area (Å²) in [6.07, 6.45) is 5.22. The Hall–Kier alpha value is -1.06. The summed E-state index contributed by atoms with van der Waals surface area (Å²) in [6.45, 7) is 21.8. The van der Waals surface area contributed by atoms with Crippen molar-refractivity contribution in [2.45, 2.75) is 41.5 Å². The summed E-state index contributed by atoms with van der Waals surface area (Å²) in [5.41, 5.74) is 0. The average Bonchev–Trinajstić information content (AvgIpc) is 2.53. The molecule has 122 valence electrons. The first kappa shape index (κ1) is 27.3. The molecule has 0 aliphatic heterocycles. The van der Waals surface area contributed by atoms with Gasteiger partial charge in [0.15, 0.2) is 0 Å². The number of hydrogen-bond acceptors (Lipinski definition) is 3. The third-order valence-corrected chi connectivity index (χ3v) is 1.43. The van der Waals surface area contributed by atoms with E-state index in [-0.39, 0.29) is 0 Å². The second-order valence-corrected chi connectivity index (χ2v) is 2.68. The van der Waals surface area contributed by atoms with E-state index < -0.39 is 0 Å². The molecule has 3 heteroatoms. The van der Waals surface area contributed by atoms with Gasteiger partial charge in [0.25, 0.3) is 0 Å². The Morgan fingerprint density at radius 1 is 1.00 bits per heavy atom. The summed E-state index contributed by atoms with van der Waals surface area (Å²) in [5.74, 6) is 0.634. The highest BCUT2D eigenvalue weighted by Crippen LogP contribution is 1.95. The van der Waals surface area contributed by atoms with Gasteiger partial charge in [0.05, 0.1) is 6.61 Å². The normalized spacial score (nSPS) is 8.15. The molecule has 0 amide bonds. The lowest BCUT2D eigenvalue weighted by Crippen LogP contribution is -2.02. The van der Waals surface area contributed by atoms with Gasteiger partial charge in [-0.1, -0.05) is 53.0 Å². The van der Waals surface area contributed by atoms with Crippen molar-refractivity contribution in [3.63, 3.8) is 0 Å². The summed E-state index contributed by atoms with van der Waals surface area (Å²) in [4.78, 5) is 0. The lowest BCUT2D eigenvalue weighted by molar-refractivity contribution is 0.0870. The van der Waals surface area contributed by atoms with E-state index in [9.17, 15) is 0 Å². The summed E-state index contributed by atoms with van der Waals surface area (Å²) >= 11 is 0. The van der Waals surface area contributed by atoms with Gasteiger partial charge in [0.2, 0.25) is 0 Å². The Balaban J connectivity index is -0.000000134. The van der Waals surface area contributed by atoms with Gasteiger partial charge in [-0.25, -0.2) is 0 Å². The van der Waals surface area contributed by atoms with E-state index in [1.54, 1.807) is 25.3 Å². The van der Waals surface area contributed by atoms with Gasteiger partial charge in [-0.2, -0.15) is 0 Å². The van der Waals surface area contributed by atoms with Crippen LogP contribution in [-0.2, 0) is 14.2 Å². The zero-order valence-corrected chi connectivity index (χ0v) is 14.7. The molecule has 0 atom stereocenters. The molecule has 0 heterocycles. The minimum atomic E-state index is 0.550. The van der Waals surface area contributed by atoms with Gasteiger partial charge in [0.1, 0.15) is 12.4 Å².